The van der Waals surface area contributed by atoms with Gasteiger partial charge in [-0.15, -0.1) is 0 Å². The Morgan fingerprint density at radius 1 is 1.22 bits per heavy atom. The van der Waals surface area contributed by atoms with Crippen LogP contribution in [0.5, 0.6) is 0 Å². The molecule has 0 aliphatic rings. The van der Waals surface area contributed by atoms with E-state index in [2.05, 4.69) is 6.58 Å². The van der Waals surface area contributed by atoms with Crippen LogP contribution >= 0.6 is 0 Å². The van der Waals surface area contributed by atoms with Crippen LogP contribution in [0.3, 0.4) is 0 Å². The second kappa shape index (κ2) is 6.33. The molecule has 0 N–H and O–H groups in total. The molecule has 0 radical (unpaired) electrons. The first-order valence-corrected chi connectivity index (χ1v) is 5.78. The quantitative estimate of drug-likeness (QED) is 0.408. The molecule has 0 heterocycles. The van der Waals surface area contributed by atoms with Crippen LogP contribution in [0.2, 0.25) is 0 Å². The third-order valence-corrected chi connectivity index (χ3v) is 2.50. The van der Waals surface area contributed by atoms with Gasteiger partial charge in [0.25, 0.3) is 5.91 Å². The first-order valence-electron chi connectivity index (χ1n) is 5.78. The zero-order valence-electron chi connectivity index (χ0n) is 11.7. The summed E-state index contributed by atoms with van der Waals surface area (Å²) in [6.45, 7) is 11.9. The van der Waals surface area contributed by atoms with Gasteiger partial charge in [-0.1, -0.05) is 6.58 Å². The van der Waals surface area contributed by atoms with Crippen LogP contribution in [-0.2, 0) is 19.1 Å². The molecular formula is C13H21NO4. The standard InChI is InChI=1S/C13H21NO4/c1-7-14(11(16)10(4)15)13(5,6)8-18-12(17)9(2)3/h2,7-8H2,1,3-6H3. The fraction of sp³-hybridized carbons (Fsp3) is 0.615. The molecule has 0 aromatic heterocycles. The Labute approximate surface area is 108 Å². The third kappa shape index (κ3) is 4.31. The van der Waals surface area contributed by atoms with Gasteiger partial charge in [-0.25, -0.2) is 4.79 Å². The van der Waals surface area contributed by atoms with Crippen molar-refractivity contribution in [2.75, 3.05) is 13.2 Å². The Bertz CT molecular complexity index is 371. The van der Waals surface area contributed by atoms with Gasteiger partial charge >= 0.3 is 5.97 Å². The molecule has 0 unspecified atom stereocenters. The van der Waals surface area contributed by atoms with E-state index < -0.39 is 23.2 Å². The summed E-state index contributed by atoms with van der Waals surface area (Å²) in [7, 11) is 0. The van der Waals surface area contributed by atoms with E-state index in [0.717, 1.165) is 0 Å². The van der Waals surface area contributed by atoms with Crippen molar-refractivity contribution in [3.63, 3.8) is 0 Å². The van der Waals surface area contributed by atoms with Gasteiger partial charge in [0, 0.05) is 19.0 Å². The Balaban J connectivity index is 4.77. The van der Waals surface area contributed by atoms with Crippen molar-refractivity contribution in [3.05, 3.63) is 12.2 Å². The smallest absolute Gasteiger partial charge is 0.333 e. The molecule has 0 aromatic rings. The second-order valence-corrected chi connectivity index (χ2v) is 4.77. The van der Waals surface area contributed by atoms with Crippen LogP contribution < -0.4 is 0 Å². The lowest BCUT2D eigenvalue weighted by atomic mass is 10.0. The van der Waals surface area contributed by atoms with Crippen LogP contribution in [0.25, 0.3) is 0 Å². The van der Waals surface area contributed by atoms with Crippen molar-refractivity contribution >= 4 is 17.7 Å². The molecule has 5 heteroatoms. The van der Waals surface area contributed by atoms with E-state index in [1.807, 2.05) is 0 Å². The second-order valence-electron chi connectivity index (χ2n) is 4.77. The molecule has 0 saturated carbocycles. The summed E-state index contributed by atoms with van der Waals surface area (Å²) in [5.74, 6) is -1.61. The molecule has 1 amide bonds. The number of rotatable bonds is 6. The number of nitrogens with zero attached hydrogens (tertiary/aromatic N) is 1. The van der Waals surface area contributed by atoms with Crippen molar-refractivity contribution in [2.45, 2.75) is 40.2 Å². The molecule has 0 aliphatic carbocycles. The third-order valence-electron chi connectivity index (χ3n) is 2.50. The number of carbonyl (C=O) groups excluding carboxylic acids is 3. The van der Waals surface area contributed by atoms with E-state index in [1.165, 1.54) is 11.8 Å². The lowest BCUT2D eigenvalue weighted by Gasteiger charge is -2.36. The Morgan fingerprint density at radius 3 is 2.06 bits per heavy atom. The van der Waals surface area contributed by atoms with Gasteiger partial charge in [0.05, 0.1) is 5.54 Å². The van der Waals surface area contributed by atoms with Crippen molar-refractivity contribution in [1.82, 2.24) is 4.90 Å². The minimum atomic E-state index is -0.734. The minimum absolute atomic E-state index is 0.0194. The Kier molecular flexibility index (Phi) is 5.75. The Hall–Kier alpha value is -1.65. The van der Waals surface area contributed by atoms with E-state index in [9.17, 15) is 14.4 Å². The lowest BCUT2D eigenvalue weighted by Crippen LogP contribution is -2.52. The molecule has 0 aliphatic heterocycles. The average molecular weight is 255 g/mol. The summed E-state index contributed by atoms with van der Waals surface area (Å²) >= 11 is 0. The van der Waals surface area contributed by atoms with Gasteiger partial charge in [-0.05, 0) is 27.7 Å². The van der Waals surface area contributed by atoms with Gasteiger partial charge in [0.15, 0.2) is 0 Å². The summed E-state index contributed by atoms with van der Waals surface area (Å²) in [6.07, 6.45) is 0. The number of likely N-dealkylation sites (N-methyl/N-ethyl adjacent to an activating group) is 1. The number of Topliss-reactive ketones (excluding diaryl/α,β-unsaturated/α-hetero) is 1. The van der Waals surface area contributed by atoms with Crippen molar-refractivity contribution in [2.24, 2.45) is 0 Å². The molecule has 5 nitrogen and oxygen atoms in total. The van der Waals surface area contributed by atoms with Crippen LogP contribution in [0.4, 0.5) is 0 Å². The summed E-state index contributed by atoms with van der Waals surface area (Å²) in [5.41, 5.74) is -0.436. The van der Waals surface area contributed by atoms with Crippen molar-refractivity contribution < 1.29 is 19.1 Å². The molecule has 18 heavy (non-hydrogen) atoms. The average Bonchev–Trinajstić information content (AvgIpc) is 2.25. The molecule has 0 saturated heterocycles. The van der Waals surface area contributed by atoms with Crippen molar-refractivity contribution in [1.29, 1.82) is 0 Å². The SMILES string of the molecule is C=C(C)C(=O)OCC(C)(C)N(CC)C(=O)C(C)=O. The monoisotopic (exact) mass is 255 g/mol. The maximum atomic E-state index is 11.7. The Morgan fingerprint density at radius 2 is 1.72 bits per heavy atom. The fourth-order valence-electron chi connectivity index (χ4n) is 1.48. The summed E-state index contributed by atoms with van der Waals surface area (Å²) in [5, 5.41) is 0. The zero-order valence-corrected chi connectivity index (χ0v) is 11.7. The highest BCUT2D eigenvalue weighted by Crippen LogP contribution is 2.16. The summed E-state index contributed by atoms with van der Waals surface area (Å²) in [6, 6.07) is 0. The van der Waals surface area contributed by atoms with Crippen LogP contribution in [0, 0.1) is 0 Å². The number of ether oxygens (including phenoxy) is 1. The number of amides is 1. The van der Waals surface area contributed by atoms with Crippen LogP contribution in [0.1, 0.15) is 34.6 Å². The molecule has 0 fully saturated rings. The molecule has 0 bridgehead atoms. The van der Waals surface area contributed by atoms with E-state index in [4.69, 9.17) is 4.74 Å². The van der Waals surface area contributed by atoms with E-state index in [0.29, 0.717) is 12.1 Å². The molecule has 0 atom stereocenters. The molecule has 0 spiro atoms. The first kappa shape index (κ1) is 16.4. The number of hydrogen-bond acceptors (Lipinski definition) is 4. The highest BCUT2D eigenvalue weighted by Gasteiger charge is 2.33. The molecular weight excluding hydrogens is 234 g/mol. The molecule has 0 rings (SSSR count). The lowest BCUT2D eigenvalue weighted by molar-refractivity contribution is -0.152. The summed E-state index contributed by atoms with van der Waals surface area (Å²) in [4.78, 5) is 35.5. The largest absolute Gasteiger partial charge is 0.460 e. The first-order chi connectivity index (χ1) is 8.13. The minimum Gasteiger partial charge on any atom is -0.460 e. The number of ketones is 1. The highest BCUT2D eigenvalue weighted by molar-refractivity contribution is 6.35. The van der Waals surface area contributed by atoms with Crippen LogP contribution in [-0.4, -0.2) is 41.3 Å². The van der Waals surface area contributed by atoms with Gasteiger partial charge < -0.3 is 9.64 Å². The van der Waals surface area contributed by atoms with Gasteiger partial charge in [-0.2, -0.15) is 0 Å². The maximum Gasteiger partial charge on any atom is 0.333 e. The van der Waals surface area contributed by atoms with Gasteiger partial charge in [0.2, 0.25) is 5.78 Å². The fourth-order valence-corrected chi connectivity index (χ4v) is 1.48. The van der Waals surface area contributed by atoms with Crippen molar-refractivity contribution in [3.8, 4) is 0 Å². The van der Waals surface area contributed by atoms with E-state index in [1.54, 1.807) is 27.7 Å². The zero-order chi connectivity index (χ0) is 14.5. The normalized spacial score (nSPS) is 10.7. The van der Waals surface area contributed by atoms with Gasteiger partial charge in [0.1, 0.15) is 6.61 Å². The topological polar surface area (TPSA) is 63.7 Å². The number of carbonyl (C=O) groups is 3. The summed E-state index contributed by atoms with van der Waals surface area (Å²) < 4.78 is 5.04. The molecule has 102 valence electrons. The predicted octanol–water partition coefficient (Wildman–Crippen LogP) is 1.32. The number of hydrogen-bond donors (Lipinski definition) is 0. The van der Waals surface area contributed by atoms with Crippen LogP contribution in [0.15, 0.2) is 12.2 Å². The maximum absolute atomic E-state index is 11.7. The number of esters is 1. The predicted molar refractivity (Wildman–Crippen MR) is 67.9 cm³/mol. The molecule has 0 aromatic carbocycles. The van der Waals surface area contributed by atoms with E-state index >= 15 is 0 Å². The van der Waals surface area contributed by atoms with E-state index in [-0.39, 0.29) is 6.61 Å². The van der Waals surface area contributed by atoms with Gasteiger partial charge in [-0.3, -0.25) is 9.59 Å². The highest BCUT2D eigenvalue weighted by atomic mass is 16.5.